The molecule has 0 bridgehead atoms. The normalized spacial score (nSPS) is 26.8. The third kappa shape index (κ3) is 3.32. The Bertz CT molecular complexity index is 654. The fourth-order valence-electron chi connectivity index (χ4n) is 4.14. The SMILES string of the molecule is CCc1ccc(CN2C[C@H](C)C3(CCN(CC(=O)N(C)C)C3=O)C2)o1. The zero-order chi connectivity index (χ0) is 18.2. The van der Waals surface area contributed by atoms with Crippen LogP contribution < -0.4 is 0 Å². The summed E-state index contributed by atoms with van der Waals surface area (Å²) in [6.45, 7) is 7.50. The van der Waals surface area contributed by atoms with Crippen LogP contribution in [-0.4, -0.2) is 66.8 Å². The summed E-state index contributed by atoms with van der Waals surface area (Å²) in [6, 6.07) is 4.06. The molecular weight excluding hydrogens is 318 g/mol. The van der Waals surface area contributed by atoms with Crippen molar-refractivity contribution in [2.45, 2.75) is 33.2 Å². The molecule has 1 aromatic heterocycles. The number of nitrogens with zero attached hydrogens (tertiary/aromatic N) is 3. The molecule has 6 heteroatoms. The lowest BCUT2D eigenvalue weighted by atomic mass is 9.78. The highest BCUT2D eigenvalue weighted by Crippen LogP contribution is 2.45. The third-order valence-corrected chi connectivity index (χ3v) is 5.79. The maximum absolute atomic E-state index is 13.1. The van der Waals surface area contributed by atoms with E-state index in [9.17, 15) is 9.59 Å². The highest BCUT2D eigenvalue weighted by molar-refractivity contribution is 5.90. The Morgan fingerprint density at radius 3 is 2.72 bits per heavy atom. The average Bonchev–Trinajstić information content (AvgIpc) is 3.23. The first-order valence-electron chi connectivity index (χ1n) is 9.15. The molecule has 0 saturated carbocycles. The van der Waals surface area contributed by atoms with E-state index in [4.69, 9.17) is 4.42 Å². The Labute approximate surface area is 149 Å². The molecule has 0 N–H and O–H groups in total. The molecule has 25 heavy (non-hydrogen) atoms. The van der Waals surface area contributed by atoms with Crippen LogP contribution in [0.5, 0.6) is 0 Å². The van der Waals surface area contributed by atoms with Crippen LogP contribution in [0.2, 0.25) is 0 Å². The average molecular weight is 347 g/mol. The van der Waals surface area contributed by atoms with Crippen LogP contribution in [0, 0.1) is 11.3 Å². The van der Waals surface area contributed by atoms with E-state index in [1.54, 1.807) is 23.9 Å². The number of carbonyl (C=O) groups is 2. The number of likely N-dealkylation sites (N-methyl/N-ethyl adjacent to an activating group) is 1. The van der Waals surface area contributed by atoms with Gasteiger partial charge in [-0.1, -0.05) is 13.8 Å². The molecule has 3 heterocycles. The van der Waals surface area contributed by atoms with Gasteiger partial charge in [0.05, 0.1) is 18.5 Å². The summed E-state index contributed by atoms with van der Waals surface area (Å²) in [5.74, 6) is 2.38. The molecule has 3 rings (SSSR count). The highest BCUT2D eigenvalue weighted by atomic mass is 16.3. The number of hydrogen-bond acceptors (Lipinski definition) is 4. The molecule has 1 aromatic rings. The Morgan fingerprint density at radius 2 is 2.08 bits per heavy atom. The van der Waals surface area contributed by atoms with Gasteiger partial charge in [0.25, 0.3) is 0 Å². The topological polar surface area (TPSA) is 57.0 Å². The monoisotopic (exact) mass is 347 g/mol. The Morgan fingerprint density at radius 1 is 1.36 bits per heavy atom. The van der Waals surface area contributed by atoms with Gasteiger partial charge in [-0.3, -0.25) is 14.5 Å². The van der Waals surface area contributed by atoms with E-state index < -0.39 is 0 Å². The molecule has 2 saturated heterocycles. The van der Waals surface area contributed by atoms with E-state index in [1.165, 1.54) is 0 Å². The minimum Gasteiger partial charge on any atom is -0.465 e. The summed E-state index contributed by atoms with van der Waals surface area (Å²) >= 11 is 0. The van der Waals surface area contributed by atoms with Gasteiger partial charge in [-0.05, 0) is 24.5 Å². The number of hydrogen-bond donors (Lipinski definition) is 0. The predicted molar refractivity (Wildman–Crippen MR) is 94.9 cm³/mol. The molecule has 0 aromatic carbocycles. The Kier molecular flexibility index (Phi) is 4.91. The van der Waals surface area contributed by atoms with Crippen molar-refractivity contribution in [1.29, 1.82) is 0 Å². The molecular formula is C19H29N3O3. The summed E-state index contributed by atoms with van der Waals surface area (Å²) in [5, 5.41) is 0. The number of rotatable bonds is 5. The summed E-state index contributed by atoms with van der Waals surface area (Å²) in [4.78, 5) is 30.6. The lowest BCUT2D eigenvalue weighted by Gasteiger charge is -2.27. The van der Waals surface area contributed by atoms with Crippen LogP contribution in [0.3, 0.4) is 0 Å². The third-order valence-electron chi connectivity index (χ3n) is 5.79. The van der Waals surface area contributed by atoms with Gasteiger partial charge in [0.1, 0.15) is 11.5 Å². The molecule has 2 aliphatic heterocycles. The maximum atomic E-state index is 13.1. The standard InChI is InChI=1S/C19H29N3O3/c1-5-15-6-7-16(25-15)11-21-10-14(2)19(13-21)8-9-22(18(19)24)12-17(23)20(3)4/h6-7,14H,5,8-13H2,1-4H3/t14-,19?/m0/s1. The van der Waals surface area contributed by atoms with Crippen molar-refractivity contribution in [3.63, 3.8) is 0 Å². The summed E-state index contributed by atoms with van der Waals surface area (Å²) < 4.78 is 5.82. The van der Waals surface area contributed by atoms with Crippen molar-refractivity contribution in [2.75, 3.05) is 40.3 Å². The zero-order valence-corrected chi connectivity index (χ0v) is 15.7. The van der Waals surface area contributed by atoms with Gasteiger partial charge in [-0.15, -0.1) is 0 Å². The van der Waals surface area contributed by atoms with E-state index in [0.717, 1.165) is 44.0 Å². The van der Waals surface area contributed by atoms with Crippen molar-refractivity contribution in [3.05, 3.63) is 23.7 Å². The molecule has 0 aliphatic carbocycles. The minimum absolute atomic E-state index is 0.0180. The maximum Gasteiger partial charge on any atom is 0.241 e. The molecule has 2 atom stereocenters. The summed E-state index contributed by atoms with van der Waals surface area (Å²) in [6.07, 6.45) is 1.73. The molecule has 0 radical (unpaired) electrons. The summed E-state index contributed by atoms with van der Waals surface area (Å²) in [7, 11) is 3.46. The summed E-state index contributed by atoms with van der Waals surface area (Å²) in [5.41, 5.74) is -0.341. The number of likely N-dealkylation sites (tertiary alicyclic amines) is 2. The lowest BCUT2D eigenvalue weighted by molar-refractivity contribution is -0.142. The molecule has 6 nitrogen and oxygen atoms in total. The highest BCUT2D eigenvalue weighted by Gasteiger charge is 2.55. The predicted octanol–water partition coefficient (Wildman–Crippen LogP) is 1.60. The zero-order valence-electron chi connectivity index (χ0n) is 15.7. The fourth-order valence-corrected chi connectivity index (χ4v) is 4.14. The Balaban J connectivity index is 1.66. The van der Waals surface area contributed by atoms with Crippen LogP contribution >= 0.6 is 0 Å². The molecule has 2 amide bonds. The first-order valence-corrected chi connectivity index (χ1v) is 9.15. The second-order valence-corrected chi connectivity index (χ2v) is 7.71. The van der Waals surface area contributed by atoms with E-state index in [-0.39, 0.29) is 23.8 Å². The van der Waals surface area contributed by atoms with Crippen LogP contribution in [0.4, 0.5) is 0 Å². The number of carbonyl (C=O) groups excluding carboxylic acids is 2. The van der Waals surface area contributed by atoms with Crippen LogP contribution in [-0.2, 0) is 22.6 Å². The molecule has 1 unspecified atom stereocenters. The van der Waals surface area contributed by atoms with Crippen molar-refractivity contribution >= 4 is 11.8 Å². The van der Waals surface area contributed by atoms with Crippen LogP contribution in [0.25, 0.3) is 0 Å². The first kappa shape index (κ1) is 18.0. The molecule has 138 valence electrons. The van der Waals surface area contributed by atoms with Crippen molar-refractivity contribution in [1.82, 2.24) is 14.7 Å². The second-order valence-electron chi connectivity index (χ2n) is 7.71. The van der Waals surface area contributed by atoms with Gasteiger partial charge in [-0.25, -0.2) is 0 Å². The van der Waals surface area contributed by atoms with E-state index in [2.05, 4.69) is 18.7 Å². The quantitative estimate of drug-likeness (QED) is 0.812. The fraction of sp³-hybridized carbons (Fsp3) is 0.684. The van der Waals surface area contributed by atoms with Gasteiger partial charge in [0, 0.05) is 40.2 Å². The first-order chi connectivity index (χ1) is 11.9. The molecule has 1 spiro atoms. The van der Waals surface area contributed by atoms with Gasteiger partial charge in [0.15, 0.2) is 0 Å². The van der Waals surface area contributed by atoms with Gasteiger partial charge < -0.3 is 14.2 Å². The minimum atomic E-state index is -0.341. The smallest absolute Gasteiger partial charge is 0.241 e. The van der Waals surface area contributed by atoms with Crippen molar-refractivity contribution in [2.24, 2.45) is 11.3 Å². The second kappa shape index (κ2) is 6.83. The van der Waals surface area contributed by atoms with E-state index in [1.807, 2.05) is 12.1 Å². The van der Waals surface area contributed by atoms with Crippen LogP contribution in [0.15, 0.2) is 16.5 Å². The van der Waals surface area contributed by atoms with Crippen molar-refractivity contribution < 1.29 is 14.0 Å². The Hall–Kier alpha value is -1.82. The molecule has 2 fully saturated rings. The van der Waals surface area contributed by atoms with Gasteiger partial charge >= 0.3 is 0 Å². The van der Waals surface area contributed by atoms with E-state index >= 15 is 0 Å². The number of amides is 2. The number of furan rings is 1. The van der Waals surface area contributed by atoms with Gasteiger partial charge in [0.2, 0.25) is 11.8 Å². The van der Waals surface area contributed by atoms with Gasteiger partial charge in [-0.2, -0.15) is 0 Å². The molecule has 2 aliphatic rings. The van der Waals surface area contributed by atoms with E-state index in [0.29, 0.717) is 12.5 Å². The van der Waals surface area contributed by atoms with Crippen molar-refractivity contribution in [3.8, 4) is 0 Å². The lowest BCUT2D eigenvalue weighted by Crippen LogP contribution is -2.43. The largest absolute Gasteiger partial charge is 0.465 e. The van der Waals surface area contributed by atoms with Crippen LogP contribution in [0.1, 0.15) is 31.8 Å². The number of aryl methyl sites for hydroxylation is 1.